The third kappa shape index (κ3) is 1.51. The molecule has 1 aliphatic rings. The highest BCUT2D eigenvalue weighted by atomic mass is 16.6. The van der Waals surface area contributed by atoms with Crippen molar-refractivity contribution in [2.75, 3.05) is 5.73 Å². The smallest absolute Gasteiger partial charge is 0.273 e. The van der Waals surface area contributed by atoms with Crippen LogP contribution in [0.2, 0.25) is 0 Å². The second-order valence-corrected chi connectivity index (χ2v) is 3.77. The van der Waals surface area contributed by atoms with Gasteiger partial charge in [0, 0.05) is 6.07 Å². The highest BCUT2D eigenvalue weighted by Gasteiger charge is 2.22. The SMILES string of the molecule is Nc1cccc2c1Oc1cc([N+](=O)[O-])ccc1O2. The van der Waals surface area contributed by atoms with Gasteiger partial charge in [-0.05, 0) is 18.2 Å². The first-order chi connectivity index (χ1) is 8.65. The van der Waals surface area contributed by atoms with Gasteiger partial charge in [-0.1, -0.05) is 6.07 Å². The zero-order valence-electron chi connectivity index (χ0n) is 9.12. The number of nitrogens with two attached hydrogens (primary N) is 1. The Morgan fingerprint density at radius 3 is 2.67 bits per heavy atom. The molecule has 0 saturated heterocycles. The lowest BCUT2D eigenvalue weighted by molar-refractivity contribution is -0.384. The van der Waals surface area contributed by atoms with Crippen LogP contribution in [0.25, 0.3) is 0 Å². The van der Waals surface area contributed by atoms with Gasteiger partial charge in [0.25, 0.3) is 5.69 Å². The average molecular weight is 244 g/mol. The molecule has 0 aliphatic carbocycles. The molecule has 3 rings (SSSR count). The summed E-state index contributed by atoms with van der Waals surface area (Å²) >= 11 is 0. The van der Waals surface area contributed by atoms with E-state index in [-0.39, 0.29) is 11.4 Å². The Kier molecular flexibility index (Phi) is 2.09. The van der Waals surface area contributed by atoms with Gasteiger partial charge in [0.1, 0.15) is 0 Å². The lowest BCUT2D eigenvalue weighted by Crippen LogP contribution is -2.02. The summed E-state index contributed by atoms with van der Waals surface area (Å²) in [6.45, 7) is 0. The fraction of sp³-hybridized carbons (Fsp3) is 0. The van der Waals surface area contributed by atoms with Crippen molar-refractivity contribution in [2.45, 2.75) is 0 Å². The number of nitrogens with zero attached hydrogens (tertiary/aromatic N) is 1. The molecule has 1 heterocycles. The molecule has 2 N–H and O–H groups in total. The van der Waals surface area contributed by atoms with Crippen LogP contribution < -0.4 is 15.2 Å². The topological polar surface area (TPSA) is 87.6 Å². The third-order valence-corrected chi connectivity index (χ3v) is 2.58. The van der Waals surface area contributed by atoms with Gasteiger partial charge in [0.05, 0.1) is 16.7 Å². The summed E-state index contributed by atoms with van der Waals surface area (Å²) in [5.74, 6) is 1.59. The van der Waals surface area contributed by atoms with E-state index in [1.54, 1.807) is 18.2 Å². The van der Waals surface area contributed by atoms with Crippen molar-refractivity contribution >= 4 is 11.4 Å². The quantitative estimate of drug-likeness (QED) is 0.403. The van der Waals surface area contributed by atoms with Crippen molar-refractivity contribution in [3.05, 3.63) is 46.5 Å². The van der Waals surface area contributed by atoms with Crippen molar-refractivity contribution < 1.29 is 14.4 Å². The van der Waals surface area contributed by atoms with E-state index in [0.717, 1.165) is 0 Å². The van der Waals surface area contributed by atoms with E-state index in [9.17, 15) is 10.1 Å². The number of rotatable bonds is 1. The van der Waals surface area contributed by atoms with Gasteiger partial charge in [0.15, 0.2) is 23.0 Å². The maximum Gasteiger partial charge on any atom is 0.273 e. The average Bonchev–Trinajstić information content (AvgIpc) is 2.36. The van der Waals surface area contributed by atoms with Crippen LogP contribution in [0.15, 0.2) is 36.4 Å². The lowest BCUT2D eigenvalue weighted by atomic mass is 10.2. The normalized spacial score (nSPS) is 11.8. The Hall–Kier alpha value is -2.76. The number of nitrogen functional groups attached to an aromatic ring is 1. The third-order valence-electron chi connectivity index (χ3n) is 2.58. The number of para-hydroxylation sites is 1. The molecule has 0 amide bonds. The molecule has 0 fully saturated rings. The summed E-state index contributed by atoms with van der Waals surface area (Å²) in [7, 11) is 0. The summed E-state index contributed by atoms with van der Waals surface area (Å²) in [5.41, 5.74) is 6.12. The first-order valence-corrected chi connectivity index (χ1v) is 5.18. The number of hydrogen-bond acceptors (Lipinski definition) is 5. The second-order valence-electron chi connectivity index (χ2n) is 3.77. The van der Waals surface area contributed by atoms with E-state index >= 15 is 0 Å². The summed E-state index contributed by atoms with van der Waals surface area (Å²) < 4.78 is 11.1. The lowest BCUT2D eigenvalue weighted by Gasteiger charge is -2.21. The minimum Gasteiger partial charge on any atom is -0.449 e. The fourth-order valence-corrected chi connectivity index (χ4v) is 1.73. The second kappa shape index (κ2) is 3.63. The maximum absolute atomic E-state index is 10.7. The molecule has 0 aromatic heterocycles. The molecule has 0 bridgehead atoms. The Morgan fingerprint density at radius 1 is 1.06 bits per heavy atom. The highest BCUT2D eigenvalue weighted by molar-refractivity contribution is 5.66. The number of benzene rings is 2. The fourth-order valence-electron chi connectivity index (χ4n) is 1.73. The van der Waals surface area contributed by atoms with Crippen LogP contribution in [0.5, 0.6) is 23.0 Å². The monoisotopic (exact) mass is 244 g/mol. The van der Waals surface area contributed by atoms with Gasteiger partial charge in [-0.2, -0.15) is 0 Å². The van der Waals surface area contributed by atoms with Crippen LogP contribution in [-0.4, -0.2) is 4.92 Å². The first-order valence-electron chi connectivity index (χ1n) is 5.18. The van der Waals surface area contributed by atoms with Gasteiger partial charge in [-0.25, -0.2) is 0 Å². The molecule has 90 valence electrons. The van der Waals surface area contributed by atoms with E-state index in [4.69, 9.17) is 15.2 Å². The Balaban J connectivity index is 2.09. The van der Waals surface area contributed by atoms with Gasteiger partial charge in [0.2, 0.25) is 0 Å². The maximum atomic E-state index is 10.7. The van der Waals surface area contributed by atoms with Crippen molar-refractivity contribution in [3.8, 4) is 23.0 Å². The number of fused-ring (bicyclic) bond motifs is 2. The van der Waals surface area contributed by atoms with Crippen LogP contribution in [0.3, 0.4) is 0 Å². The van der Waals surface area contributed by atoms with Crippen LogP contribution in [-0.2, 0) is 0 Å². The molecule has 1 aliphatic heterocycles. The number of nitro groups is 1. The summed E-state index contributed by atoms with van der Waals surface area (Å²) in [4.78, 5) is 10.2. The van der Waals surface area contributed by atoms with Crippen molar-refractivity contribution in [1.29, 1.82) is 0 Å². The number of ether oxygens (including phenoxy) is 2. The van der Waals surface area contributed by atoms with Crippen molar-refractivity contribution in [1.82, 2.24) is 0 Å². The van der Waals surface area contributed by atoms with Gasteiger partial charge < -0.3 is 15.2 Å². The number of anilines is 1. The molecular weight excluding hydrogens is 236 g/mol. The van der Waals surface area contributed by atoms with Gasteiger partial charge in [-0.3, -0.25) is 10.1 Å². The van der Waals surface area contributed by atoms with Crippen LogP contribution in [0, 0.1) is 10.1 Å². The predicted octanol–water partition coefficient (Wildman–Crippen LogP) is 3.08. The summed E-state index contributed by atoms with van der Waals surface area (Å²) in [6, 6.07) is 9.30. The summed E-state index contributed by atoms with van der Waals surface area (Å²) in [6.07, 6.45) is 0. The molecule has 2 aromatic rings. The van der Waals surface area contributed by atoms with Gasteiger partial charge >= 0.3 is 0 Å². The Morgan fingerprint density at radius 2 is 1.89 bits per heavy atom. The van der Waals surface area contributed by atoms with E-state index in [0.29, 0.717) is 22.9 Å². The van der Waals surface area contributed by atoms with Crippen LogP contribution in [0.4, 0.5) is 11.4 Å². The molecule has 6 nitrogen and oxygen atoms in total. The molecule has 18 heavy (non-hydrogen) atoms. The van der Waals surface area contributed by atoms with E-state index in [2.05, 4.69) is 0 Å². The minimum atomic E-state index is -0.493. The Labute approximate surface area is 102 Å². The largest absolute Gasteiger partial charge is 0.449 e. The molecule has 0 atom stereocenters. The van der Waals surface area contributed by atoms with E-state index < -0.39 is 4.92 Å². The van der Waals surface area contributed by atoms with Crippen molar-refractivity contribution in [3.63, 3.8) is 0 Å². The standard InChI is InChI=1S/C12H8N2O4/c13-8-2-1-3-10-12(8)18-11-6-7(14(15)16)4-5-9(11)17-10/h1-6H,13H2. The number of non-ortho nitro benzene ring substituents is 1. The number of nitro benzene ring substituents is 1. The molecule has 6 heteroatoms. The van der Waals surface area contributed by atoms with E-state index in [1.165, 1.54) is 18.2 Å². The molecule has 0 radical (unpaired) electrons. The minimum absolute atomic E-state index is 0.0599. The molecule has 0 saturated carbocycles. The predicted molar refractivity (Wildman–Crippen MR) is 64.1 cm³/mol. The summed E-state index contributed by atoms with van der Waals surface area (Å²) in [5, 5.41) is 10.7. The number of hydrogen-bond donors (Lipinski definition) is 1. The molecule has 0 unspecified atom stereocenters. The Bertz CT molecular complexity index is 655. The van der Waals surface area contributed by atoms with Gasteiger partial charge in [-0.15, -0.1) is 0 Å². The zero-order chi connectivity index (χ0) is 12.7. The van der Waals surface area contributed by atoms with E-state index in [1.807, 2.05) is 0 Å². The molecule has 0 spiro atoms. The zero-order valence-corrected chi connectivity index (χ0v) is 9.12. The molecule has 2 aromatic carbocycles. The van der Waals surface area contributed by atoms with Crippen LogP contribution in [0.1, 0.15) is 0 Å². The molecular formula is C12H8N2O4. The van der Waals surface area contributed by atoms with Crippen molar-refractivity contribution in [2.24, 2.45) is 0 Å². The highest BCUT2D eigenvalue weighted by Crippen LogP contribution is 2.48. The van der Waals surface area contributed by atoms with Crippen LogP contribution >= 0.6 is 0 Å². The first kappa shape index (κ1) is 10.4.